The maximum atomic E-state index is 2.57. The van der Waals surface area contributed by atoms with Gasteiger partial charge in [-0.25, -0.2) is 0 Å². The van der Waals surface area contributed by atoms with E-state index in [1.165, 1.54) is 155 Å². The Labute approximate surface area is 622 Å². The summed E-state index contributed by atoms with van der Waals surface area (Å²) in [4.78, 5) is 5.11. The normalized spacial score (nSPS) is 14.5. The third-order valence-corrected chi connectivity index (χ3v) is 24.6. The summed E-state index contributed by atoms with van der Waals surface area (Å²) in [5.74, 6) is 0. The van der Waals surface area contributed by atoms with E-state index in [1.54, 1.807) is 0 Å². The molecule has 0 heterocycles. The molecule has 2 nitrogen and oxygen atoms in total. The van der Waals surface area contributed by atoms with Crippen molar-refractivity contribution in [3.05, 3.63) is 384 Å². The molecule has 0 bridgehead atoms. The van der Waals surface area contributed by atoms with Gasteiger partial charge in [0.05, 0.1) is 11.4 Å². The number of hydrogen-bond donors (Lipinski definition) is 0. The fourth-order valence-corrected chi connectivity index (χ4v) is 19.3. The number of benzene rings is 16. The molecule has 4 aliphatic carbocycles. The van der Waals surface area contributed by atoms with Crippen molar-refractivity contribution < 1.29 is 0 Å². The van der Waals surface area contributed by atoms with Crippen LogP contribution in [0, 0.1) is 0 Å². The average Bonchev–Trinajstić information content (AvgIpc) is 1.53. The second-order valence-electron chi connectivity index (χ2n) is 31.9. The molecule has 106 heavy (non-hydrogen) atoms. The lowest BCUT2D eigenvalue weighted by Gasteiger charge is -2.32. The van der Waals surface area contributed by atoms with Gasteiger partial charge in [-0.05, 0) is 234 Å². The minimum absolute atomic E-state index is 0.182. The zero-order valence-electron chi connectivity index (χ0n) is 61.2. The maximum Gasteiger partial charge on any atom is 0.0546 e. The number of hydrogen-bond acceptors (Lipinski definition) is 2. The second-order valence-corrected chi connectivity index (χ2v) is 31.9. The Morgan fingerprint density at radius 3 is 1.12 bits per heavy atom. The molecule has 2 heteroatoms. The molecule has 0 spiro atoms. The number of fused-ring (bicyclic) bond motifs is 17. The Morgan fingerprint density at radius 1 is 0.179 bits per heavy atom. The predicted octanol–water partition coefficient (Wildman–Crippen LogP) is 28.5. The zero-order valence-corrected chi connectivity index (χ0v) is 61.2. The summed E-state index contributed by atoms with van der Waals surface area (Å²) in [7, 11) is 0. The zero-order chi connectivity index (χ0) is 71.5. The number of rotatable bonds is 11. The van der Waals surface area contributed by atoms with Crippen LogP contribution in [0.2, 0.25) is 0 Å². The summed E-state index contributed by atoms with van der Waals surface area (Å²) >= 11 is 0. The van der Waals surface area contributed by atoms with Crippen LogP contribution in [-0.2, 0) is 21.7 Å². The van der Waals surface area contributed by atoms with Gasteiger partial charge in [-0.15, -0.1) is 0 Å². The van der Waals surface area contributed by atoms with E-state index < -0.39 is 0 Å². The lowest BCUT2D eigenvalue weighted by molar-refractivity contribution is 0.660. The topological polar surface area (TPSA) is 6.48 Å². The van der Waals surface area contributed by atoms with E-state index in [1.807, 2.05) is 0 Å². The molecule has 0 radical (unpaired) electrons. The molecular formula is C104H80N2. The molecule has 4 aliphatic rings. The first-order valence-electron chi connectivity index (χ1n) is 37.6. The van der Waals surface area contributed by atoms with Gasteiger partial charge in [0.25, 0.3) is 0 Å². The lowest BCUT2D eigenvalue weighted by Crippen LogP contribution is -2.18. The second kappa shape index (κ2) is 23.6. The Balaban J connectivity index is 0.713. The molecule has 0 aromatic heterocycles. The number of nitrogens with zero attached hydrogens (tertiary/aromatic N) is 2. The van der Waals surface area contributed by atoms with E-state index >= 15 is 0 Å². The van der Waals surface area contributed by atoms with Crippen molar-refractivity contribution in [2.75, 3.05) is 9.80 Å². The molecule has 0 amide bonds. The molecule has 0 saturated carbocycles. The third-order valence-electron chi connectivity index (χ3n) is 24.6. The van der Waals surface area contributed by atoms with Crippen LogP contribution >= 0.6 is 0 Å². The molecule has 0 fully saturated rings. The summed E-state index contributed by atoms with van der Waals surface area (Å²) in [5.41, 5.74) is 38.7. The highest BCUT2D eigenvalue weighted by atomic mass is 15.2. The predicted molar refractivity (Wildman–Crippen MR) is 448 cm³/mol. The Kier molecular flexibility index (Phi) is 14.1. The van der Waals surface area contributed by atoms with Gasteiger partial charge in [0.1, 0.15) is 0 Å². The van der Waals surface area contributed by atoms with Crippen molar-refractivity contribution in [2.45, 2.75) is 77.0 Å². The molecule has 16 aromatic rings. The van der Waals surface area contributed by atoms with E-state index in [0.717, 1.165) is 45.3 Å². The molecule has 0 saturated heterocycles. The van der Waals surface area contributed by atoms with Gasteiger partial charge in [0.2, 0.25) is 0 Å². The lowest BCUT2D eigenvalue weighted by atomic mass is 9.79. The monoisotopic (exact) mass is 1360 g/mol. The van der Waals surface area contributed by atoms with Crippen LogP contribution in [0.15, 0.2) is 340 Å². The Morgan fingerprint density at radius 2 is 0.547 bits per heavy atom. The highest BCUT2D eigenvalue weighted by Gasteiger charge is 2.42. The van der Waals surface area contributed by atoms with Gasteiger partial charge in [-0.2, -0.15) is 0 Å². The molecule has 0 unspecified atom stereocenters. The van der Waals surface area contributed by atoms with Crippen molar-refractivity contribution in [3.63, 3.8) is 0 Å². The van der Waals surface area contributed by atoms with E-state index in [4.69, 9.17) is 0 Å². The highest BCUT2D eigenvalue weighted by molar-refractivity contribution is 6.18. The van der Waals surface area contributed by atoms with Crippen molar-refractivity contribution in [1.82, 2.24) is 0 Å². The first kappa shape index (κ1) is 63.3. The summed E-state index contributed by atoms with van der Waals surface area (Å²) in [6.07, 6.45) is 0. The average molecular weight is 1360 g/mol. The van der Waals surface area contributed by atoms with Gasteiger partial charge in [-0.1, -0.05) is 316 Å². The van der Waals surface area contributed by atoms with Gasteiger partial charge in [0, 0.05) is 55.5 Å². The standard InChI is InChI=1S/C104H80N2/c1-101(2)89-43-24-22-38-79(89)82-53-48-72(61-92(82)101)105(96-57-47-69(65-28-12-9-13-29-65)59-88(96)66-30-14-10-15-31-66)73-49-55-84-81-52-46-70(60-91(81)103(5,6)94(84)62-73)68-34-26-35-71(58-68)76-42-27-45-97(98(76)67-32-16-11-17-33-67)106(74-50-54-83-80-39-23-25-44-90(80)102(3,4)93(83)63-74)75-51-56-87-95(64-75)104(7,8)100-86-41-21-19-37-78(86)77-36-18-20-40-85(77)99(87)100/h9-64H,1-8H3. The maximum absolute atomic E-state index is 2.57. The van der Waals surface area contributed by atoms with Crippen LogP contribution in [0.5, 0.6) is 0 Å². The Bertz CT molecular complexity index is 6320. The quantitative estimate of drug-likeness (QED) is 0.119. The van der Waals surface area contributed by atoms with Crippen molar-refractivity contribution in [3.8, 4) is 100 Å². The van der Waals surface area contributed by atoms with Gasteiger partial charge < -0.3 is 9.80 Å². The van der Waals surface area contributed by atoms with Gasteiger partial charge in [0.15, 0.2) is 0 Å². The van der Waals surface area contributed by atoms with Crippen LogP contribution in [0.25, 0.3) is 122 Å². The smallest absolute Gasteiger partial charge is 0.0546 e. The van der Waals surface area contributed by atoms with Crippen LogP contribution in [0.4, 0.5) is 34.1 Å². The molecule has 0 atom stereocenters. The molecule has 0 aliphatic heterocycles. The minimum atomic E-state index is -0.341. The fourth-order valence-electron chi connectivity index (χ4n) is 19.3. The molecule has 506 valence electrons. The summed E-state index contributed by atoms with van der Waals surface area (Å²) < 4.78 is 0. The third kappa shape index (κ3) is 9.49. The first-order valence-corrected chi connectivity index (χ1v) is 37.6. The summed E-state index contributed by atoms with van der Waals surface area (Å²) in [6.45, 7) is 19.3. The van der Waals surface area contributed by atoms with E-state index in [2.05, 4.69) is 405 Å². The SMILES string of the molecule is CC1(C)c2ccccc2-c2ccc(N(c3ccc4c(c3)C(C)(C)c3cc(-c5cccc(-c6cccc(N(c7ccc8c(c7)C(C)(C)c7ccccc7-8)c7ccc8c(c7)C(C)(C)c7c-8c8ccccc8c8ccccc78)c6-c6ccccc6)c5)ccc3-4)c3ccc(-c4ccccc4)cc3-c3ccccc3)cc21. The molecule has 20 rings (SSSR count). The fraction of sp³-hybridized carbons (Fsp3) is 0.115. The highest BCUT2D eigenvalue weighted by Crippen LogP contribution is 2.60. The Hall–Kier alpha value is -12.4. The molecular weight excluding hydrogens is 1280 g/mol. The summed E-state index contributed by atoms with van der Waals surface area (Å²) in [5, 5.41) is 5.23. The van der Waals surface area contributed by atoms with Crippen molar-refractivity contribution in [1.29, 1.82) is 0 Å². The van der Waals surface area contributed by atoms with E-state index in [-0.39, 0.29) is 21.7 Å². The largest absolute Gasteiger partial charge is 0.310 e. The van der Waals surface area contributed by atoms with Gasteiger partial charge >= 0.3 is 0 Å². The van der Waals surface area contributed by atoms with Crippen LogP contribution in [-0.4, -0.2) is 0 Å². The number of anilines is 6. The van der Waals surface area contributed by atoms with Gasteiger partial charge in [-0.3, -0.25) is 0 Å². The van der Waals surface area contributed by atoms with Crippen molar-refractivity contribution in [2.24, 2.45) is 0 Å². The minimum Gasteiger partial charge on any atom is -0.310 e. The first-order chi connectivity index (χ1) is 51.6. The molecule has 0 N–H and O–H groups in total. The van der Waals surface area contributed by atoms with Crippen LogP contribution in [0.1, 0.15) is 99.9 Å². The molecule has 16 aromatic carbocycles. The van der Waals surface area contributed by atoms with E-state index in [0.29, 0.717) is 0 Å². The van der Waals surface area contributed by atoms with Crippen LogP contribution < -0.4 is 9.80 Å². The van der Waals surface area contributed by atoms with Crippen molar-refractivity contribution >= 4 is 55.7 Å². The van der Waals surface area contributed by atoms with E-state index in [9.17, 15) is 0 Å². The summed E-state index contributed by atoms with van der Waals surface area (Å²) in [6, 6.07) is 129. The van der Waals surface area contributed by atoms with Crippen LogP contribution in [0.3, 0.4) is 0 Å².